The minimum atomic E-state index is -1.20. The molecule has 0 N–H and O–H groups in total. The highest BCUT2D eigenvalue weighted by atomic mass is 33.1. The van der Waals surface area contributed by atoms with E-state index < -0.39 is 11.9 Å². The van der Waals surface area contributed by atoms with Gasteiger partial charge in [-0.2, -0.15) is 0 Å². The Labute approximate surface area is 258 Å². The number of hydrogen-bond donors (Lipinski definition) is 0. The maximum atomic E-state index is 10.6. The Morgan fingerprint density at radius 1 is 0.500 bits per heavy atom. The van der Waals surface area contributed by atoms with E-state index in [1.807, 2.05) is 0 Å². The summed E-state index contributed by atoms with van der Waals surface area (Å²) in [6.07, 6.45) is 0. The van der Waals surface area contributed by atoms with Crippen molar-refractivity contribution in [3.8, 4) is 0 Å². The van der Waals surface area contributed by atoms with E-state index >= 15 is 0 Å². The first-order valence-electron chi connectivity index (χ1n) is 13.4. The molecule has 0 heterocycles. The predicted molar refractivity (Wildman–Crippen MR) is 170 cm³/mol. The molecule has 0 aliphatic rings. The second kappa shape index (κ2) is 16.8. The molecule has 0 aromatic heterocycles. The Morgan fingerprint density at radius 3 is 1.02 bits per heavy atom. The predicted octanol–water partition coefficient (Wildman–Crippen LogP) is 5.00. The number of carbonyl (C=O) groups excluding carboxylic acids is 2. The lowest BCUT2D eigenvalue weighted by Gasteiger charge is -2.23. The third-order valence-electron chi connectivity index (χ3n) is 5.41. The Morgan fingerprint density at radius 2 is 0.786 bits per heavy atom. The molecule has 0 atom stereocenters. The molecular formula is C34H40N2O4S2. The molecule has 8 heteroatoms. The second-order valence-electron chi connectivity index (χ2n) is 11.7. The minimum absolute atomic E-state index is 0.137. The van der Waals surface area contributed by atoms with Crippen LogP contribution in [0.25, 0.3) is 0 Å². The summed E-state index contributed by atoms with van der Waals surface area (Å²) in [5.74, 6) is -2.40. The van der Waals surface area contributed by atoms with Gasteiger partial charge >= 0.3 is 0 Å². The van der Waals surface area contributed by atoms with Crippen LogP contribution in [0.5, 0.6) is 0 Å². The lowest BCUT2D eigenvalue weighted by atomic mass is 10.2. The van der Waals surface area contributed by atoms with Crippen molar-refractivity contribution in [2.45, 2.75) is 22.9 Å². The number of quaternary nitrogens is 2. The van der Waals surface area contributed by atoms with Gasteiger partial charge in [0.25, 0.3) is 0 Å². The van der Waals surface area contributed by atoms with E-state index in [9.17, 15) is 19.8 Å². The van der Waals surface area contributed by atoms with Crippen LogP contribution in [0.4, 0.5) is 0 Å². The fourth-order valence-electron chi connectivity index (χ4n) is 3.65. The molecule has 0 bridgehead atoms. The highest BCUT2D eigenvalue weighted by Gasteiger charge is 2.07. The van der Waals surface area contributed by atoms with Crippen molar-refractivity contribution < 1.29 is 28.8 Å². The quantitative estimate of drug-likeness (QED) is 0.198. The average molecular weight is 605 g/mol. The van der Waals surface area contributed by atoms with Crippen LogP contribution in [-0.2, 0) is 13.1 Å². The molecule has 4 aromatic carbocycles. The van der Waals surface area contributed by atoms with E-state index in [1.165, 1.54) is 57.0 Å². The first-order chi connectivity index (χ1) is 19.7. The van der Waals surface area contributed by atoms with Gasteiger partial charge in [0.1, 0.15) is 13.1 Å². The van der Waals surface area contributed by atoms with Crippen molar-refractivity contribution in [2.75, 3.05) is 42.3 Å². The summed E-state index contributed by atoms with van der Waals surface area (Å²) >= 11 is 0. The molecule has 4 aromatic rings. The molecule has 42 heavy (non-hydrogen) atoms. The van der Waals surface area contributed by atoms with Gasteiger partial charge in [0, 0.05) is 20.9 Å². The molecule has 0 radical (unpaired) electrons. The van der Waals surface area contributed by atoms with Crippen LogP contribution in [-0.4, -0.2) is 63.2 Å². The van der Waals surface area contributed by atoms with Crippen molar-refractivity contribution in [3.05, 3.63) is 131 Å². The molecule has 0 unspecified atom stereocenters. The summed E-state index contributed by atoms with van der Waals surface area (Å²) in [4.78, 5) is 23.0. The molecule has 0 amide bonds. The standard InChI is InChI=1S/C14H10O4S2.2C10H16N/c15-13(16)9-1-5-11(6-2-9)19-20-12-7-3-10(4-8-12)14(17)18;2*1-11(2,3)9-10-7-5-4-6-8-10/h1-8H,(H,15,16)(H,17,18);2*4-8H,9H2,1-3H3/q;2*+1/p-2. The van der Waals surface area contributed by atoms with E-state index in [1.54, 1.807) is 24.3 Å². The zero-order valence-corrected chi connectivity index (χ0v) is 26.8. The zero-order valence-electron chi connectivity index (χ0n) is 25.2. The number of benzene rings is 4. The summed E-state index contributed by atoms with van der Waals surface area (Å²) in [5.41, 5.74) is 3.08. The third-order valence-corrected chi connectivity index (χ3v) is 7.83. The van der Waals surface area contributed by atoms with Crippen molar-refractivity contribution >= 4 is 33.5 Å². The van der Waals surface area contributed by atoms with Crippen molar-refractivity contribution in [1.29, 1.82) is 0 Å². The van der Waals surface area contributed by atoms with E-state index in [-0.39, 0.29) is 11.1 Å². The second-order valence-corrected chi connectivity index (χ2v) is 13.9. The number of hydrogen-bond acceptors (Lipinski definition) is 6. The molecule has 0 spiro atoms. The van der Waals surface area contributed by atoms with Gasteiger partial charge in [-0.25, -0.2) is 0 Å². The van der Waals surface area contributed by atoms with E-state index in [4.69, 9.17) is 0 Å². The van der Waals surface area contributed by atoms with Crippen LogP contribution >= 0.6 is 21.6 Å². The SMILES string of the molecule is C[N+](C)(C)Cc1ccccc1.C[N+](C)(C)Cc1ccccc1.O=C([O-])c1ccc(SSc2ccc(C(=O)[O-])cc2)cc1. The Bertz CT molecular complexity index is 1260. The fourth-order valence-corrected chi connectivity index (χ4v) is 5.58. The fraction of sp³-hybridized carbons (Fsp3) is 0.235. The first-order valence-corrected chi connectivity index (χ1v) is 15.5. The van der Waals surface area contributed by atoms with Crippen LogP contribution in [0.2, 0.25) is 0 Å². The zero-order chi connectivity index (χ0) is 31.2. The minimum Gasteiger partial charge on any atom is -0.545 e. The van der Waals surface area contributed by atoms with Crippen LogP contribution in [0, 0.1) is 0 Å². The number of rotatable bonds is 9. The van der Waals surface area contributed by atoms with Gasteiger partial charge in [-0.1, -0.05) is 107 Å². The molecular weight excluding hydrogens is 565 g/mol. The van der Waals surface area contributed by atoms with Crippen molar-refractivity contribution in [2.24, 2.45) is 0 Å². The molecule has 0 saturated heterocycles. The molecule has 0 fully saturated rings. The number of carboxylic acids is 2. The maximum Gasteiger partial charge on any atom is 0.104 e. The van der Waals surface area contributed by atoms with Crippen LogP contribution < -0.4 is 10.2 Å². The van der Waals surface area contributed by atoms with E-state index in [0.717, 1.165) is 31.8 Å². The Balaban J connectivity index is 0.000000239. The van der Waals surface area contributed by atoms with Crippen molar-refractivity contribution in [1.82, 2.24) is 0 Å². The van der Waals surface area contributed by atoms with E-state index in [0.29, 0.717) is 0 Å². The monoisotopic (exact) mass is 604 g/mol. The topological polar surface area (TPSA) is 80.3 Å². The summed E-state index contributed by atoms with van der Waals surface area (Å²) in [6.45, 7) is 2.20. The van der Waals surface area contributed by atoms with Crippen LogP contribution in [0.1, 0.15) is 31.8 Å². The molecule has 0 aliphatic heterocycles. The Kier molecular flexibility index (Phi) is 13.8. The summed E-state index contributed by atoms with van der Waals surface area (Å²) in [6, 6.07) is 33.8. The van der Waals surface area contributed by atoms with Gasteiger partial charge in [0.05, 0.1) is 54.2 Å². The summed E-state index contributed by atoms with van der Waals surface area (Å²) in [7, 11) is 16.1. The number of aromatic carboxylic acids is 2. The van der Waals surface area contributed by atoms with Gasteiger partial charge < -0.3 is 28.8 Å². The van der Waals surface area contributed by atoms with E-state index in [2.05, 4.69) is 103 Å². The van der Waals surface area contributed by atoms with Crippen LogP contribution in [0.3, 0.4) is 0 Å². The molecule has 4 rings (SSSR count). The number of nitrogens with zero attached hydrogens (tertiary/aromatic N) is 2. The van der Waals surface area contributed by atoms with Gasteiger partial charge in [-0.15, -0.1) is 0 Å². The van der Waals surface area contributed by atoms with Crippen LogP contribution in [0.15, 0.2) is 119 Å². The van der Waals surface area contributed by atoms with Gasteiger partial charge in [-0.05, 0) is 35.4 Å². The van der Waals surface area contributed by atoms with Gasteiger partial charge in [0.2, 0.25) is 0 Å². The van der Waals surface area contributed by atoms with Gasteiger partial charge in [-0.3, -0.25) is 0 Å². The highest BCUT2D eigenvalue weighted by molar-refractivity contribution is 8.76. The average Bonchev–Trinajstić information content (AvgIpc) is 2.92. The lowest BCUT2D eigenvalue weighted by molar-refractivity contribution is -0.884. The summed E-state index contributed by atoms with van der Waals surface area (Å²) < 4.78 is 1.98. The first kappa shape index (κ1) is 34.6. The molecule has 6 nitrogen and oxygen atoms in total. The van der Waals surface area contributed by atoms with Crippen molar-refractivity contribution in [3.63, 3.8) is 0 Å². The summed E-state index contributed by atoms with van der Waals surface area (Å²) in [5, 5.41) is 21.2. The maximum absolute atomic E-state index is 10.6. The normalized spacial score (nSPS) is 10.9. The number of carboxylic acid groups (broad SMARTS) is 2. The third kappa shape index (κ3) is 14.9. The number of carbonyl (C=O) groups is 2. The van der Waals surface area contributed by atoms with Gasteiger partial charge in [0.15, 0.2) is 0 Å². The molecule has 0 aliphatic carbocycles. The smallest absolute Gasteiger partial charge is 0.104 e. The highest BCUT2D eigenvalue weighted by Crippen LogP contribution is 2.37. The largest absolute Gasteiger partial charge is 0.545 e. The molecule has 222 valence electrons. The lowest BCUT2D eigenvalue weighted by Crippen LogP contribution is -2.33. The molecule has 0 saturated carbocycles. The Hall–Kier alpha value is -3.56.